The number of H-pyrrole nitrogens is 1. The number of aryl methyl sites for hydroxylation is 2. The number of hydrogen-bond acceptors (Lipinski definition) is 5. The van der Waals surface area contributed by atoms with Gasteiger partial charge in [0.1, 0.15) is 6.33 Å². The molecule has 0 saturated heterocycles. The minimum Gasteiger partial charge on any atom is -0.364 e. The largest absolute Gasteiger partial charge is 0.364 e. The molecule has 7 nitrogen and oxygen atoms in total. The van der Waals surface area contributed by atoms with Crippen LogP contribution in [0.3, 0.4) is 0 Å². The lowest BCUT2D eigenvalue weighted by atomic mass is 10.1. The van der Waals surface area contributed by atoms with Crippen molar-refractivity contribution in [3.05, 3.63) is 41.9 Å². The molecule has 0 aliphatic heterocycles. The van der Waals surface area contributed by atoms with E-state index in [2.05, 4.69) is 61.8 Å². The number of fused-ring (bicyclic) bond motifs is 2. The van der Waals surface area contributed by atoms with Crippen molar-refractivity contribution < 1.29 is 0 Å². The molecule has 7 heteroatoms. The summed E-state index contributed by atoms with van der Waals surface area (Å²) in [5.41, 5.74) is 4.96. The van der Waals surface area contributed by atoms with Crippen molar-refractivity contribution in [2.45, 2.75) is 26.9 Å². The number of anilines is 1. The van der Waals surface area contributed by atoms with Crippen LogP contribution in [-0.2, 0) is 13.1 Å². The summed E-state index contributed by atoms with van der Waals surface area (Å²) in [6.45, 7) is 5.48. The highest BCUT2D eigenvalue weighted by atomic mass is 15.4. The lowest BCUT2D eigenvalue weighted by Crippen LogP contribution is -2.03. The van der Waals surface area contributed by atoms with Gasteiger partial charge in [0.25, 0.3) is 0 Å². The average Bonchev–Trinajstić information content (AvgIpc) is 3.14. The summed E-state index contributed by atoms with van der Waals surface area (Å²) in [5, 5.41) is 12.8. The molecule has 0 radical (unpaired) electrons. The van der Waals surface area contributed by atoms with Crippen LogP contribution in [0.25, 0.3) is 22.1 Å². The summed E-state index contributed by atoms with van der Waals surface area (Å²) < 4.78 is 1.76. The van der Waals surface area contributed by atoms with Crippen LogP contribution in [0.5, 0.6) is 0 Å². The Bertz CT molecular complexity index is 983. The Balaban J connectivity index is 1.61. The van der Waals surface area contributed by atoms with E-state index in [1.54, 1.807) is 11.0 Å². The average molecular weight is 307 g/mol. The lowest BCUT2D eigenvalue weighted by Gasteiger charge is -2.06. The quantitative estimate of drug-likeness (QED) is 0.605. The van der Waals surface area contributed by atoms with E-state index in [0.717, 1.165) is 17.7 Å². The SMILES string of the molecule is CCn1nnc2c(NCc3ccc4[nH]c(C)cc4c3)ncnc21. The fourth-order valence-electron chi connectivity index (χ4n) is 2.76. The Hall–Kier alpha value is -2.96. The van der Waals surface area contributed by atoms with Gasteiger partial charge in [-0.25, -0.2) is 14.6 Å². The summed E-state index contributed by atoms with van der Waals surface area (Å²) >= 11 is 0. The molecule has 23 heavy (non-hydrogen) atoms. The predicted molar refractivity (Wildman–Crippen MR) is 89.2 cm³/mol. The first-order valence-electron chi connectivity index (χ1n) is 7.61. The molecule has 0 unspecified atom stereocenters. The second-order valence-corrected chi connectivity index (χ2v) is 5.53. The maximum atomic E-state index is 4.29. The van der Waals surface area contributed by atoms with Gasteiger partial charge in [-0.05, 0) is 43.0 Å². The molecule has 0 aliphatic rings. The van der Waals surface area contributed by atoms with E-state index in [9.17, 15) is 0 Å². The minimum atomic E-state index is 0.672. The van der Waals surface area contributed by atoms with Gasteiger partial charge >= 0.3 is 0 Å². The van der Waals surface area contributed by atoms with Crippen molar-refractivity contribution >= 4 is 27.9 Å². The Morgan fingerprint density at radius 1 is 1.22 bits per heavy atom. The Morgan fingerprint density at radius 3 is 3.00 bits per heavy atom. The monoisotopic (exact) mass is 307 g/mol. The highest BCUT2D eigenvalue weighted by molar-refractivity contribution is 5.82. The molecule has 0 amide bonds. The van der Waals surface area contributed by atoms with Crippen molar-refractivity contribution in [1.29, 1.82) is 0 Å². The second kappa shape index (κ2) is 5.35. The molecular formula is C16H17N7. The van der Waals surface area contributed by atoms with Crippen molar-refractivity contribution in [3.8, 4) is 0 Å². The van der Waals surface area contributed by atoms with Crippen LogP contribution < -0.4 is 5.32 Å². The number of benzene rings is 1. The minimum absolute atomic E-state index is 0.672. The Labute approximate surface area is 132 Å². The molecule has 0 fully saturated rings. The van der Waals surface area contributed by atoms with Gasteiger partial charge in [0.15, 0.2) is 17.0 Å². The molecule has 3 aromatic heterocycles. The van der Waals surface area contributed by atoms with Crippen molar-refractivity contribution in [2.24, 2.45) is 0 Å². The second-order valence-electron chi connectivity index (χ2n) is 5.53. The summed E-state index contributed by atoms with van der Waals surface area (Å²) in [6.07, 6.45) is 1.54. The first-order valence-corrected chi connectivity index (χ1v) is 7.61. The maximum Gasteiger partial charge on any atom is 0.183 e. The van der Waals surface area contributed by atoms with Crippen LogP contribution >= 0.6 is 0 Å². The maximum absolute atomic E-state index is 4.29. The van der Waals surface area contributed by atoms with E-state index in [4.69, 9.17) is 0 Å². The van der Waals surface area contributed by atoms with E-state index in [1.807, 2.05) is 6.92 Å². The van der Waals surface area contributed by atoms with E-state index < -0.39 is 0 Å². The Kier molecular flexibility index (Phi) is 3.18. The number of hydrogen-bond donors (Lipinski definition) is 2. The number of rotatable bonds is 4. The van der Waals surface area contributed by atoms with Gasteiger partial charge in [-0.2, -0.15) is 0 Å². The number of nitrogens with zero attached hydrogens (tertiary/aromatic N) is 5. The molecule has 0 spiro atoms. The third kappa shape index (κ3) is 2.40. The Morgan fingerprint density at radius 2 is 2.13 bits per heavy atom. The van der Waals surface area contributed by atoms with E-state index in [1.165, 1.54) is 16.6 Å². The molecule has 3 heterocycles. The zero-order valence-electron chi connectivity index (χ0n) is 13.0. The van der Waals surface area contributed by atoms with Crippen molar-refractivity contribution in [1.82, 2.24) is 29.9 Å². The zero-order chi connectivity index (χ0) is 15.8. The fraction of sp³-hybridized carbons (Fsp3) is 0.250. The van der Waals surface area contributed by atoms with Gasteiger partial charge in [-0.15, -0.1) is 5.10 Å². The highest BCUT2D eigenvalue weighted by Crippen LogP contribution is 2.19. The first kappa shape index (κ1) is 13.7. The summed E-state index contributed by atoms with van der Waals surface area (Å²) in [4.78, 5) is 11.9. The van der Waals surface area contributed by atoms with E-state index in [0.29, 0.717) is 17.9 Å². The molecular weight excluding hydrogens is 290 g/mol. The summed E-state index contributed by atoms with van der Waals surface area (Å²) in [7, 11) is 0. The van der Waals surface area contributed by atoms with Gasteiger partial charge in [0, 0.05) is 24.3 Å². The summed E-state index contributed by atoms with van der Waals surface area (Å²) in [5.74, 6) is 0.708. The van der Waals surface area contributed by atoms with Crippen molar-refractivity contribution in [2.75, 3.05) is 5.32 Å². The molecule has 2 N–H and O–H groups in total. The third-order valence-electron chi connectivity index (χ3n) is 3.88. The zero-order valence-corrected chi connectivity index (χ0v) is 13.0. The molecule has 0 bridgehead atoms. The number of aromatic nitrogens is 6. The fourth-order valence-corrected chi connectivity index (χ4v) is 2.76. The van der Waals surface area contributed by atoms with E-state index in [-0.39, 0.29) is 0 Å². The molecule has 1 aromatic carbocycles. The molecule has 0 atom stereocenters. The van der Waals surface area contributed by atoms with Crippen LogP contribution in [-0.4, -0.2) is 29.9 Å². The third-order valence-corrected chi connectivity index (χ3v) is 3.88. The first-order chi connectivity index (χ1) is 11.2. The lowest BCUT2D eigenvalue weighted by molar-refractivity contribution is 0.641. The molecule has 116 valence electrons. The van der Waals surface area contributed by atoms with Gasteiger partial charge in [-0.3, -0.25) is 0 Å². The van der Waals surface area contributed by atoms with Crippen LogP contribution in [0.1, 0.15) is 18.2 Å². The topological polar surface area (TPSA) is 84.3 Å². The van der Waals surface area contributed by atoms with Gasteiger partial charge in [-0.1, -0.05) is 11.3 Å². The highest BCUT2D eigenvalue weighted by Gasteiger charge is 2.10. The number of nitrogens with one attached hydrogen (secondary N) is 2. The standard InChI is InChI=1S/C16H17N7/c1-3-23-16-14(21-22-23)15(18-9-19-16)17-8-11-4-5-13-12(7-11)6-10(2)20-13/h4-7,9,20H,3,8H2,1-2H3,(H,17,18,19). The van der Waals surface area contributed by atoms with E-state index >= 15 is 0 Å². The summed E-state index contributed by atoms with van der Waals surface area (Å²) in [6, 6.07) is 8.52. The van der Waals surface area contributed by atoms with Gasteiger partial charge in [0.2, 0.25) is 0 Å². The van der Waals surface area contributed by atoms with Crippen LogP contribution in [0.4, 0.5) is 5.82 Å². The van der Waals surface area contributed by atoms with Crippen LogP contribution in [0.2, 0.25) is 0 Å². The van der Waals surface area contributed by atoms with Crippen LogP contribution in [0.15, 0.2) is 30.6 Å². The smallest absolute Gasteiger partial charge is 0.183 e. The number of aromatic amines is 1. The predicted octanol–water partition coefficient (Wildman–Crippen LogP) is 2.64. The van der Waals surface area contributed by atoms with Gasteiger partial charge in [0.05, 0.1) is 0 Å². The normalized spacial score (nSPS) is 11.4. The molecule has 4 rings (SSSR count). The van der Waals surface area contributed by atoms with Crippen LogP contribution in [0, 0.1) is 6.92 Å². The van der Waals surface area contributed by atoms with Gasteiger partial charge < -0.3 is 10.3 Å². The molecule has 0 saturated carbocycles. The van der Waals surface area contributed by atoms with Crippen molar-refractivity contribution in [3.63, 3.8) is 0 Å². The molecule has 0 aliphatic carbocycles. The molecule has 4 aromatic rings.